The lowest BCUT2D eigenvalue weighted by atomic mass is 10.0. The average Bonchev–Trinajstić information content (AvgIpc) is 2.59. The summed E-state index contributed by atoms with van der Waals surface area (Å²) >= 11 is 0. The number of aromatic nitrogens is 2. The second-order valence-electron chi connectivity index (χ2n) is 6.64. The molecule has 2 nitrogen and oxygen atoms in total. The third-order valence-electron chi connectivity index (χ3n) is 4.53. The molecule has 0 aliphatic heterocycles. The maximum absolute atomic E-state index is 4.70. The maximum atomic E-state index is 4.70. The molecule has 0 radical (unpaired) electrons. The van der Waals surface area contributed by atoms with Gasteiger partial charge in [-0.25, -0.2) is 4.98 Å². The minimum Gasteiger partial charge on any atom is -0.253 e. The fourth-order valence-corrected chi connectivity index (χ4v) is 3.09. The van der Waals surface area contributed by atoms with Gasteiger partial charge in [-0.05, 0) is 25.0 Å². The van der Waals surface area contributed by atoms with Gasteiger partial charge in [0.2, 0.25) is 0 Å². The molecule has 2 aromatic rings. The van der Waals surface area contributed by atoms with Crippen LogP contribution in [0.25, 0.3) is 11.0 Å². The highest BCUT2D eigenvalue weighted by molar-refractivity contribution is 5.73. The van der Waals surface area contributed by atoms with Crippen LogP contribution in [0.4, 0.5) is 0 Å². The van der Waals surface area contributed by atoms with E-state index in [4.69, 9.17) is 4.98 Å². The Morgan fingerprint density at radius 2 is 1.26 bits per heavy atom. The highest BCUT2D eigenvalue weighted by Gasteiger charge is 1.99. The SMILES string of the molecule is CCCCCCCCCCCCCc1cnc2ccccc2n1. The third kappa shape index (κ3) is 7.11. The van der Waals surface area contributed by atoms with E-state index < -0.39 is 0 Å². The fourth-order valence-electron chi connectivity index (χ4n) is 3.09. The van der Waals surface area contributed by atoms with Crippen LogP contribution in [0.3, 0.4) is 0 Å². The first-order valence-electron chi connectivity index (χ1n) is 9.61. The first-order valence-corrected chi connectivity index (χ1v) is 9.61. The topological polar surface area (TPSA) is 25.8 Å². The van der Waals surface area contributed by atoms with Crippen LogP contribution in [0.15, 0.2) is 30.5 Å². The first kappa shape index (κ1) is 17.9. The van der Waals surface area contributed by atoms with Crippen molar-refractivity contribution >= 4 is 11.0 Å². The number of hydrogen-bond donors (Lipinski definition) is 0. The first-order chi connectivity index (χ1) is 11.4. The van der Waals surface area contributed by atoms with Crippen molar-refractivity contribution in [2.24, 2.45) is 0 Å². The van der Waals surface area contributed by atoms with Gasteiger partial charge in [-0.15, -0.1) is 0 Å². The summed E-state index contributed by atoms with van der Waals surface area (Å²) in [7, 11) is 0. The molecule has 2 rings (SSSR count). The van der Waals surface area contributed by atoms with Crippen LogP contribution in [-0.4, -0.2) is 9.97 Å². The van der Waals surface area contributed by atoms with Crippen LogP contribution in [-0.2, 0) is 6.42 Å². The Labute approximate surface area is 141 Å². The highest BCUT2D eigenvalue weighted by Crippen LogP contribution is 2.13. The van der Waals surface area contributed by atoms with E-state index in [1.807, 2.05) is 30.5 Å². The quantitative estimate of drug-likeness (QED) is 0.419. The molecule has 0 saturated carbocycles. The van der Waals surface area contributed by atoms with E-state index in [0.717, 1.165) is 23.1 Å². The Morgan fingerprint density at radius 3 is 1.91 bits per heavy atom. The molecule has 1 heterocycles. The van der Waals surface area contributed by atoms with E-state index in [2.05, 4.69) is 11.9 Å². The second kappa shape index (κ2) is 11.2. The van der Waals surface area contributed by atoms with Gasteiger partial charge in [0.15, 0.2) is 0 Å². The molecule has 0 aliphatic carbocycles. The lowest BCUT2D eigenvalue weighted by Crippen LogP contribution is -1.93. The summed E-state index contributed by atoms with van der Waals surface area (Å²) in [5.74, 6) is 0. The highest BCUT2D eigenvalue weighted by atomic mass is 14.8. The predicted octanol–water partition coefficient (Wildman–Crippen LogP) is 6.48. The number of fused-ring (bicyclic) bond motifs is 1. The molecule has 0 unspecified atom stereocenters. The Morgan fingerprint density at radius 1 is 0.696 bits per heavy atom. The molecule has 0 atom stereocenters. The summed E-state index contributed by atoms with van der Waals surface area (Å²) in [5.41, 5.74) is 3.16. The summed E-state index contributed by atoms with van der Waals surface area (Å²) in [5, 5.41) is 0. The van der Waals surface area contributed by atoms with E-state index in [0.29, 0.717) is 0 Å². The van der Waals surface area contributed by atoms with E-state index >= 15 is 0 Å². The zero-order valence-electron chi connectivity index (χ0n) is 14.8. The summed E-state index contributed by atoms with van der Waals surface area (Å²) in [4.78, 5) is 9.18. The molecule has 126 valence electrons. The van der Waals surface area contributed by atoms with Crippen molar-refractivity contribution in [1.29, 1.82) is 0 Å². The van der Waals surface area contributed by atoms with Crippen LogP contribution in [0.2, 0.25) is 0 Å². The molecule has 0 spiro atoms. The zero-order chi connectivity index (χ0) is 16.2. The molecule has 2 heteroatoms. The summed E-state index contributed by atoms with van der Waals surface area (Å²) in [6, 6.07) is 8.12. The largest absolute Gasteiger partial charge is 0.253 e. The monoisotopic (exact) mass is 312 g/mol. The molecular weight excluding hydrogens is 280 g/mol. The van der Waals surface area contributed by atoms with Crippen LogP contribution in [0, 0.1) is 0 Å². The Bertz CT molecular complexity index is 550. The predicted molar refractivity (Wildman–Crippen MR) is 99.7 cm³/mol. The van der Waals surface area contributed by atoms with Gasteiger partial charge in [0.05, 0.1) is 16.7 Å². The lowest BCUT2D eigenvalue weighted by Gasteiger charge is -2.04. The third-order valence-corrected chi connectivity index (χ3v) is 4.53. The zero-order valence-corrected chi connectivity index (χ0v) is 14.8. The van der Waals surface area contributed by atoms with Gasteiger partial charge in [0, 0.05) is 6.20 Å². The van der Waals surface area contributed by atoms with Crippen molar-refractivity contribution < 1.29 is 0 Å². The van der Waals surface area contributed by atoms with Crippen molar-refractivity contribution in [3.63, 3.8) is 0 Å². The van der Waals surface area contributed by atoms with Crippen molar-refractivity contribution in [1.82, 2.24) is 9.97 Å². The normalized spacial score (nSPS) is 11.2. The fraction of sp³-hybridized carbons (Fsp3) is 0.619. The van der Waals surface area contributed by atoms with Crippen LogP contribution in [0.1, 0.15) is 83.2 Å². The average molecular weight is 313 g/mol. The molecule has 0 aliphatic rings. The Kier molecular flexibility index (Phi) is 8.68. The molecule has 0 amide bonds. The van der Waals surface area contributed by atoms with Crippen molar-refractivity contribution in [2.75, 3.05) is 0 Å². The summed E-state index contributed by atoms with van der Waals surface area (Å²) < 4.78 is 0. The van der Waals surface area contributed by atoms with Gasteiger partial charge in [0.25, 0.3) is 0 Å². The molecule has 1 aromatic carbocycles. The van der Waals surface area contributed by atoms with Gasteiger partial charge >= 0.3 is 0 Å². The summed E-state index contributed by atoms with van der Waals surface area (Å²) in [6.07, 6.45) is 18.3. The van der Waals surface area contributed by atoms with Gasteiger partial charge in [-0.3, -0.25) is 4.98 Å². The molecule has 23 heavy (non-hydrogen) atoms. The van der Waals surface area contributed by atoms with E-state index in [9.17, 15) is 0 Å². The smallest absolute Gasteiger partial charge is 0.0890 e. The Balaban J connectivity index is 1.50. The van der Waals surface area contributed by atoms with Crippen molar-refractivity contribution in [3.05, 3.63) is 36.2 Å². The molecule has 0 bridgehead atoms. The number of unbranched alkanes of at least 4 members (excludes halogenated alkanes) is 10. The minimum absolute atomic E-state index is 0.996. The molecular formula is C21H32N2. The Hall–Kier alpha value is -1.44. The van der Waals surface area contributed by atoms with E-state index in [-0.39, 0.29) is 0 Å². The number of hydrogen-bond acceptors (Lipinski definition) is 2. The summed E-state index contributed by atoms with van der Waals surface area (Å²) in [6.45, 7) is 2.28. The van der Waals surface area contributed by atoms with E-state index in [1.54, 1.807) is 0 Å². The van der Waals surface area contributed by atoms with Crippen molar-refractivity contribution in [2.45, 2.75) is 84.0 Å². The van der Waals surface area contributed by atoms with Crippen LogP contribution in [0.5, 0.6) is 0 Å². The maximum Gasteiger partial charge on any atom is 0.0890 e. The number of benzene rings is 1. The second-order valence-corrected chi connectivity index (χ2v) is 6.64. The number of rotatable bonds is 12. The van der Waals surface area contributed by atoms with Gasteiger partial charge in [0.1, 0.15) is 0 Å². The minimum atomic E-state index is 0.996. The number of para-hydroxylation sites is 2. The molecule has 0 N–H and O–H groups in total. The van der Waals surface area contributed by atoms with E-state index in [1.165, 1.54) is 70.6 Å². The van der Waals surface area contributed by atoms with Crippen molar-refractivity contribution in [3.8, 4) is 0 Å². The number of nitrogens with zero attached hydrogens (tertiary/aromatic N) is 2. The lowest BCUT2D eigenvalue weighted by molar-refractivity contribution is 0.549. The molecule has 0 fully saturated rings. The standard InChI is InChI=1S/C21H32N2/c1-2-3-4-5-6-7-8-9-10-11-12-15-19-18-22-20-16-13-14-17-21(20)23-19/h13-14,16-18H,2-12,15H2,1H3. The molecule has 1 aromatic heterocycles. The van der Waals surface area contributed by atoms with Gasteiger partial charge < -0.3 is 0 Å². The number of aryl methyl sites for hydroxylation is 1. The van der Waals surface area contributed by atoms with Crippen LogP contribution < -0.4 is 0 Å². The van der Waals surface area contributed by atoms with Crippen LogP contribution >= 0.6 is 0 Å². The van der Waals surface area contributed by atoms with Gasteiger partial charge in [-0.1, -0.05) is 83.3 Å². The van der Waals surface area contributed by atoms with Gasteiger partial charge in [-0.2, -0.15) is 0 Å². The molecule has 0 saturated heterocycles.